The molecule has 5 nitrogen and oxygen atoms in total. The van der Waals surface area contributed by atoms with Crippen LogP contribution in [0.3, 0.4) is 0 Å². The van der Waals surface area contributed by atoms with Crippen molar-refractivity contribution < 1.29 is 9.59 Å². The largest absolute Gasteiger partial charge is 0.347 e. The predicted molar refractivity (Wildman–Crippen MR) is 96.4 cm³/mol. The molecule has 2 N–H and O–H groups in total. The molecule has 1 heterocycles. The normalized spacial score (nSPS) is 19.9. The minimum Gasteiger partial charge on any atom is -0.347 e. The van der Waals surface area contributed by atoms with E-state index in [4.69, 9.17) is 0 Å². The average molecular weight is 337 g/mol. The summed E-state index contributed by atoms with van der Waals surface area (Å²) >= 11 is 0. The summed E-state index contributed by atoms with van der Waals surface area (Å²) in [5.74, 6) is -0.273. The molecular formula is C20H23N3O2. The standard InChI is InChI=1S/C20H23N3O2/c1-14-8-2-3-9-15(14)19(24)22-16-10-4-5-11-17(16)23-20(25)18-12-6-7-13-21-18/h2-3,6-9,12-13,16-17H,4-5,10-11H2,1H3,(H,22,24)(H,23,25)/t16-,17-/m0/s1. The first-order valence-electron chi connectivity index (χ1n) is 8.73. The molecule has 2 amide bonds. The first-order valence-corrected chi connectivity index (χ1v) is 8.73. The van der Waals surface area contributed by atoms with E-state index in [1.165, 1.54) is 0 Å². The number of carbonyl (C=O) groups is 2. The average Bonchev–Trinajstić information content (AvgIpc) is 2.64. The fourth-order valence-electron chi connectivity index (χ4n) is 3.29. The molecule has 1 aromatic carbocycles. The highest BCUT2D eigenvalue weighted by Crippen LogP contribution is 2.20. The Morgan fingerprint density at radius 1 is 0.920 bits per heavy atom. The Balaban J connectivity index is 1.68. The van der Waals surface area contributed by atoms with E-state index in [1.807, 2.05) is 31.2 Å². The summed E-state index contributed by atoms with van der Waals surface area (Å²) in [6, 6.07) is 12.7. The van der Waals surface area contributed by atoms with Crippen LogP contribution in [-0.2, 0) is 0 Å². The lowest BCUT2D eigenvalue weighted by atomic mass is 9.89. The van der Waals surface area contributed by atoms with E-state index in [9.17, 15) is 9.59 Å². The molecule has 0 bridgehead atoms. The summed E-state index contributed by atoms with van der Waals surface area (Å²) in [6.45, 7) is 1.93. The zero-order valence-electron chi connectivity index (χ0n) is 14.4. The fourth-order valence-corrected chi connectivity index (χ4v) is 3.29. The van der Waals surface area contributed by atoms with E-state index in [-0.39, 0.29) is 23.9 Å². The van der Waals surface area contributed by atoms with E-state index in [0.717, 1.165) is 31.2 Å². The van der Waals surface area contributed by atoms with Crippen LogP contribution in [-0.4, -0.2) is 28.9 Å². The number of aromatic nitrogens is 1. The minimum atomic E-state index is -0.192. The summed E-state index contributed by atoms with van der Waals surface area (Å²) < 4.78 is 0. The van der Waals surface area contributed by atoms with Gasteiger partial charge < -0.3 is 10.6 Å². The summed E-state index contributed by atoms with van der Waals surface area (Å²) in [6.07, 6.45) is 5.42. The van der Waals surface area contributed by atoms with Crippen molar-refractivity contribution in [2.45, 2.75) is 44.7 Å². The second-order valence-corrected chi connectivity index (χ2v) is 6.47. The highest BCUT2D eigenvalue weighted by atomic mass is 16.2. The molecule has 130 valence electrons. The number of pyridine rings is 1. The number of benzene rings is 1. The molecule has 5 heteroatoms. The van der Waals surface area contributed by atoms with Gasteiger partial charge in [0.15, 0.2) is 0 Å². The maximum Gasteiger partial charge on any atom is 0.270 e. The number of aryl methyl sites for hydroxylation is 1. The molecule has 0 unspecified atom stereocenters. The molecule has 1 aliphatic carbocycles. The van der Waals surface area contributed by atoms with Gasteiger partial charge in [0.2, 0.25) is 0 Å². The van der Waals surface area contributed by atoms with Crippen molar-refractivity contribution in [1.82, 2.24) is 15.6 Å². The number of amides is 2. The number of hydrogen-bond donors (Lipinski definition) is 2. The van der Waals surface area contributed by atoms with Crippen LogP contribution in [0.2, 0.25) is 0 Å². The Labute approximate surface area is 147 Å². The lowest BCUT2D eigenvalue weighted by Gasteiger charge is -2.32. The molecule has 0 saturated heterocycles. The SMILES string of the molecule is Cc1ccccc1C(=O)N[C@H]1CCCC[C@@H]1NC(=O)c1ccccn1. The van der Waals surface area contributed by atoms with Crippen molar-refractivity contribution in [3.63, 3.8) is 0 Å². The Hall–Kier alpha value is -2.69. The maximum atomic E-state index is 12.6. The smallest absolute Gasteiger partial charge is 0.270 e. The van der Waals surface area contributed by atoms with Crippen LogP contribution in [0.15, 0.2) is 48.7 Å². The molecule has 2 atom stereocenters. The number of hydrogen-bond acceptors (Lipinski definition) is 3. The predicted octanol–water partition coefficient (Wildman–Crippen LogP) is 2.86. The highest BCUT2D eigenvalue weighted by molar-refractivity contribution is 5.96. The quantitative estimate of drug-likeness (QED) is 0.901. The van der Waals surface area contributed by atoms with E-state index in [1.54, 1.807) is 24.4 Å². The zero-order chi connectivity index (χ0) is 17.6. The van der Waals surface area contributed by atoms with Gasteiger partial charge in [-0.25, -0.2) is 0 Å². The van der Waals surface area contributed by atoms with Crippen LogP contribution in [0, 0.1) is 6.92 Å². The van der Waals surface area contributed by atoms with Crippen LogP contribution < -0.4 is 10.6 Å². The Kier molecular flexibility index (Phi) is 5.43. The number of rotatable bonds is 4. The third-order valence-electron chi connectivity index (χ3n) is 4.69. The zero-order valence-corrected chi connectivity index (χ0v) is 14.4. The molecule has 1 fully saturated rings. The number of carbonyl (C=O) groups excluding carboxylic acids is 2. The molecule has 1 saturated carbocycles. The first-order chi connectivity index (χ1) is 12.1. The van der Waals surface area contributed by atoms with Gasteiger partial charge in [-0.15, -0.1) is 0 Å². The summed E-state index contributed by atoms with van der Waals surface area (Å²) in [4.78, 5) is 29.1. The van der Waals surface area contributed by atoms with Gasteiger partial charge in [-0.05, 0) is 43.5 Å². The number of nitrogens with zero attached hydrogens (tertiary/aromatic N) is 1. The molecule has 1 aromatic heterocycles. The highest BCUT2D eigenvalue weighted by Gasteiger charge is 2.28. The van der Waals surface area contributed by atoms with Crippen LogP contribution in [0.4, 0.5) is 0 Å². The second-order valence-electron chi connectivity index (χ2n) is 6.47. The van der Waals surface area contributed by atoms with Gasteiger partial charge in [0, 0.05) is 23.8 Å². The van der Waals surface area contributed by atoms with Crippen molar-refractivity contribution in [1.29, 1.82) is 0 Å². The van der Waals surface area contributed by atoms with Crippen molar-refractivity contribution in [3.05, 3.63) is 65.5 Å². The molecule has 3 rings (SSSR count). The lowest BCUT2D eigenvalue weighted by molar-refractivity contribution is 0.0860. The molecule has 0 spiro atoms. The molecule has 0 aliphatic heterocycles. The topological polar surface area (TPSA) is 71.1 Å². The first kappa shape index (κ1) is 17.1. The fraction of sp³-hybridized carbons (Fsp3) is 0.350. The van der Waals surface area contributed by atoms with Crippen molar-refractivity contribution >= 4 is 11.8 Å². The minimum absolute atomic E-state index is 0.0616. The summed E-state index contributed by atoms with van der Waals surface area (Å²) in [5, 5.41) is 6.15. The van der Waals surface area contributed by atoms with E-state index < -0.39 is 0 Å². The van der Waals surface area contributed by atoms with Crippen LogP contribution in [0.5, 0.6) is 0 Å². The summed E-state index contributed by atoms with van der Waals surface area (Å²) in [7, 11) is 0. The van der Waals surface area contributed by atoms with Gasteiger partial charge in [0.25, 0.3) is 11.8 Å². The van der Waals surface area contributed by atoms with Crippen LogP contribution in [0.25, 0.3) is 0 Å². The van der Waals surface area contributed by atoms with Gasteiger partial charge in [-0.3, -0.25) is 14.6 Å². The summed E-state index contributed by atoms with van der Waals surface area (Å²) in [5.41, 5.74) is 2.03. The van der Waals surface area contributed by atoms with Gasteiger partial charge in [-0.2, -0.15) is 0 Å². The molecular weight excluding hydrogens is 314 g/mol. The van der Waals surface area contributed by atoms with Crippen LogP contribution >= 0.6 is 0 Å². The molecule has 2 aromatic rings. The monoisotopic (exact) mass is 337 g/mol. The molecule has 25 heavy (non-hydrogen) atoms. The van der Waals surface area contributed by atoms with Crippen molar-refractivity contribution in [3.8, 4) is 0 Å². The molecule has 1 aliphatic rings. The second kappa shape index (κ2) is 7.92. The van der Waals surface area contributed by atoms with E-state index in [0.29, 0.717) is 11.3 Å². The van der Waals surface area contributed by atoms with Crippen LogP contribution in [0.1, 0.15) is 52.1 Å². The Morgan fingerprint density at radius 2 is 1.56 bits per heavy atom. The van der Waals surface area contributed by atoms with Gasteiger partial charge in [-0.1, -0.05) is 37.1 Å². The van der Waals surface area contributed by atoms with E-state index in [2.05, 4.69) is 15.6 Å². The van der Waals surface area contributed by atoms with Gasteiger partial charge in [0.05, 0.1) is 0 Å². The Bertz CT molecular complexity index is 746. The van der Waals surface area contributed by atoms with Crippen molar-refractivity contribution in [2.75, 3.05) is 0 Å². The lowest BCUT2D eigenvalue weighted by Crippen LogP contribution is -2.53. The van der Waals surface area contributed by atoms with Gasteiger partial charge in [0.1, 0.15) is 5.69 Å². The van der Waals surface area contributed by atoms with Gasteiger partial charge >= 0.3 is 0 Å². The van der Waals surface area contributed by atoms with E-state index >= 15 is 0 Å². The number of nitrogens with one attached hydrogen (secondary N) is 2. The molecule has 0 radical (unpaired) electrons. The third kappa shape index (κ3) is 4.24. The Morgan fingerprint density at radius 3 is 2.20 bits per heavy atom. The van der Waals surface area contributed by atoms with Crippen molar-refractivity contribution in [2.24, 2.45) is 0 Å². The maximum absolute atomic E-state index is 12.6. The third-order valence-corrected chi connectivity index (χ3v) is 4.69.